The molecule has 0 unspecified atom stereocenters. The molecule has 35 heavy (non-hydrogen) atoms. The number of hydrazone groups is 1. The van der Waals surface area contributed by atoms with Crippen molar-refractivity contribution in [2.45, 2.75) is 20.3 Å². The van der Waals surface area contributed by atoms with Crippen LogP contribution in [0.5, 0.6) is 11.5 Å². The van der Waals surface area contributed by atoms with Crippen LogP contribution in [0.3, 0.4) is 0 Å². The minimum absolute atomic E-state index is 0.228. The number of ether oxygens (including phenoxy) is 2. The summed E-state index contributed by atoms with van der Waals surface area (Å²) >= 11 is 3.35. The molecule has 0 heterocycles. The molecule has 0 aliphatic rings. The maximum atomic E-state index is 12.6. The molecule has 0 aliphatic carbocycles. The molecule has 3 aromatic rings. The van der Waals surface area contributed by atoms with Crippen molar-refractivity contribution in [3.8, 4) is 11.5 Å². The van der Waals surface area contributed by atoms with E-state index in [9.17, 15) is 14.4 Å². The number of carbonyl (C=O) groups is 3. The van der Waals surface area contributed by atoms with Crippen LogP contribution in [0.1, 0.15) is 34.8 Å². The number of nitrogens with zero attached hydrogens (tertiary/aromatic N) is 1. The molecule has 3 aromatic carbocycles. The van der Waals surface area contributed by atoms with Crippen LogP contribution in [0.2, 0.25) is 0 Å². The Kier molecular flexibility index (Phi) is 9.14. The molecule has 0 spiro atoms. The Morgan fingerprint density at radius 3 is 2.37 bits per heavy atom. The normalized spacial score (nSPS) is 10.6. The smallest absolute Gasteiger partial charge is 0.343 e. The van der Waals surface area contributed by atoms with E-state index in [0.29, 0.717) is 33.6 Å². The Morgan fingerprint density at radius 1 is 0.971 bits per heavy atom. The van der Waals surface area contributed by atoms with Gasteiger partial charge in [-0.05, 0) is 67.9 Å². The Labute approximate surface area is 211 Å². The number of rotatable bonds is 8. The highest BCUT2D eigenvalue weighted by Gasteiger charge is 2.14. The van der Waals surface area contributed by atoms with Gasteiger partial charge in [0.05, 0.1) is 18.4 Å². The van der Waals surface area contributed by atoms with Gasteiger partial charge in [0.1, 0.15) is 11.5 Å². The molecule has 180 valence electrons. The number of benzene rings is 3. The van der Waals surface area contributed by atoms with Gasteiger partial charge >= 0.3 is 17.8 Å². The average molecular weight is 538 g/mol. The van der Waals surface area contributed by atoms with Crippen molar-refractivity contribution in [3.05, 3.63) is 87.9 Å². The van der Waals surface area contributed by atoms with E-state index < -0.39 is 17.8 Å². The summed E-state index contributed by atoms with van der Waals surface area (Å²) in [5, 5.41) is 6.31. The number of halogens is 1. The fourth-order valence-electron chi connectivity index (χ4n) is 2.82. The van der Waals surface area contributed by atoms with Crippen LogP contribution in [0, 0.1) is 6.92 Å². The predicted octanol–water partition coefficient (Wildman–Crippen LogP) is 4.85. The lowest BCUT2D eigenvalue weighted by molar-refractivity contribution is -0.136. The second-order valence-electron chi connectivity index (χ2n) is 7.46. The van der Waals surface area contributed by atoms with Gasteiger partial charge in [-0.2, -0.15) is 5.10 Å². The summed E-state index contributed by atoms with van der Waals surface area (Å²) in [6.07, 6.45) is 2.17. The van der Waals surface area contributed by atoms with Crippen LogP contribution in [0.4, 0.5) is 5.69 Å². The van der Waals surface area contributed by atoms with Crippen LogP contribution in [0.25, 0.3) is 0 Å². The third-order valence-corrected chi connectivity index (χ3v) is 5.12. The molecule has 0 bridgehead atoms. The number of amides is 2. The molecule has 0 saturated heterocycles. The SMILES string of the molecule is CCCOc1ccc(C(=O)Oc2ccc(Br)cc2C=NNC(=O)C(=O)Nc2ccc(C)cc2)cc1. The Bertz CT molecular complexity index is 1220. The Morgan fingerprint density at radius 2 is 1.69 bits per heavy atom. The first-order chi connectivity index (χ1) is 16.9. The third kappa shape index (κ3) is 7.79. The highest BCUT2D eigenvalue weighted by Crippen LogP contribution is 2.23. The highest BCUT2D eigenvalue weighted by atomic mass is 79.9. The van der Waals surface area contributed by atoms with Crippen LogP contribution in [-0.2, 0) is 9.59 Å². The van der Waals surface area contributed by atoms with Crippen molar-refractivity contribution in [2.24, 2.45) is 5.10 Å². The zero-order chi connectivity index (χ0) is 25.2. The van der Waals surface area contributed by atoms with Crippen LogP contribution in [0.15, 0.2) is 76.3 Å². The molecule has 0 aromatic heterocycles. The lowest BCUT2D eigenvalue weighted by atomic mass is 10.2. The molecule has 3 rings (SSSR count). The summed E-state index contributed by atoms with van der Waals surface area (Å²) in [5.41, 5.74) is 4.45. The van der Waals surface area contributed by atoms with Gasteiger partial charge < -0.3 is 14.8 Å². The topological polar surface area (TPSA) is 106 Å². The summed E-state index contributed by atoms with van der Waals surface area (Å²) in [5.74, 6) is -1.47. The number of aryl methyl sites for hydroxylation is 1. The van der Waals surface area contributed by atoms with Gasteiger partial charge in [0, 0.05) is 15.7 Å². The van der Waals surface area contributed by atoms with Crippen LogP contribution < -0.4 is 20.2 Å². The zero-order valence-electron chi connectivity index (χ0n) is 19.2. The summed E-state index contributed by atoms with van der Waals surface area (Å²) < 4.78 is 11.7. The number of hydrogen-bond donors (Lipinski definition) is 2. The lowest BCUT2D eigenvalue weighted by Gasteiger charge is -2.09. The summed E-state index contributed by atoms with van der Waals surface area (Å²) in [6.45, 7) is 4.52. The van der Waals surface area contributed by atoms with Crippen LogP contribution in [-0.4, -0.2) is 30.6 Å². The largest absolute Gasteiger partial charge is 0.494 e. The minimum atomic E-state index is -0.944. The van der Waals surface area contributed by atoms with Crippen molar-refractivity contribution in [1.29, 1.82) is 0 Å². The quantitative estimate of drug-likeness (QED) is 0.140. The first-order valence-electron chi connectivity index (χ1n) is 10.8. The van der Waals surface area contributed by atoms with Gasteiger partial charge in [-0.15, -0.1) is 0 Å². The number of esters is 1. The highest BCUT2D eigenvalue weighted by molar-refractivity contribution is 9.10. The van der Waals surface area contributed by atoms with E-state index in [-0.39, 0.29) is 5.75 Å². The molecule has 9 heteroatoms. The van der Waals surface area contributed by atoms with Crippen molar-refractivity contribution in [2.75, 3.05) is 11.9 Å². The van der Waals surface area contributed by atoms with Gasteiger partial charge in [0.15, 0.2) is 0 Å². The zero-order valence-corrected chi connectivity index (χ0v) is 20.8. The van der Waals surface area contributed by atoms with E-state index in [1.54, 1.807) is 54.6 Å². The van der Waals surface area contributed by atoms with Gasteiger partial charge in [-0.1, -0.05) is 40.5 Å². The summed E-state index contributed by atoms with van der Waals surface area (Å²) in [6, 6.07) is 18.6. The maximum Gasteiger partial charge on any atom is 0.343 e. The van der Waals surface area contributed by atoms with Crippen molar-refractivity contribution < 1.29 is 23.9 Å². The van der Waals surface area contributed by atoms with E-state index in [0.717, 1.165) is 12.0 Å². The van der Waals surface area contributed by atoms with Gasteiger partial charge in [-0.25, -0.2) is 10.2 Å². The van der Waals surface area contributed by atoms with E-state index >= 15 is 0 Å². The van der Waals surface area contributed by atoms with Crippen molar-refractivity contribution >= 4 is 45.6 Å². The molecule has 0 radical (unpaired) electrons. The number of anilines is 1. The molecule has 2 N–H and O–H groups in total. The molecule has 2 amide bonds. The molecule has 0 atom stereocenters. The summed E-state index contributed by atoms with van der Waals surface area (Å²) in [4.78, 5) is 36.7. The van der Waals surface area contributed by atoms with E-state index in [4.69, 9.17) is 9.47 Å². The lowest BCUT2D eigenvalue weighted by Crippen LogP contribution is -2.32. The Hall–Kier alpha value is -3.98. The number of carbonyl (C=O) groups excluding carboxylic acids is 3. The van der Waals surface area contributed by atoms with Gasteiger partial charge in [0.25, 0.3) is 0 Å². The predicted molar refractivity (Wildman–Crippen MR) is 137 cm³/mol. The average Bonchev–Trinajstić information content (AvgIpc) is 2.85. The maximum absolute atomic E-state index is 12.6. The monoisotopic (exact) mass is 537 g/mol. The van der Waals surface area contributed by atoms with Gasteiger partial charge in [0.2, 0.25) is 0 Å². The number of nitrogens with one attached hydrogen (secondary N) is 2. The molecule has 8 nitrogen and oxygen atoms in total. The molecule has 0 fully saturated rings. The van der Waals surface area contributed by atoms with E-state index in [1.165, 1.54) is 6.21 Å². The second-order valence-corrected chi connectivity index (χ2v) is 8.38. The van der Waals surface area contributed by atoms with Crippen LogP contribution >= 0.6 is 15.9 Å². The standard InChI is InChI=1S/C26H24BrN3O5/c1-3-14-34-22-11-6-18(7-12-22)26(33)35-23-13-8-20(27)15-19(23)16-28-30-25(32)24(31)29-21-9-4-17(2)5-10-21/h4-13,15-16H,3,14H2,1-2H3,(H,29,31)(H,30,32). The summed E-state index contributed by atoms with van der Waals surface area (Å²) in [7, 11) is 0. The minimum Gasteiger partial charge on any atom is -0.494 e. The van der Waals surface area contributed by atoms with Gasteiger partial charge in [-0.3, -0.25) is 9.59 Å². The fraction of sp³-hybridized carbons (Fsp3) is 0.154. The molecule has 0 aliphatic heterocycles. The fourth-order valence-corrected chi connectivity index (χ4v) is 3.19. The number of hydrogen-bond acceptors (Lipinski definition) is 6. The van der Waals surface area contributed by atoms with E-state index in [2.05, 4.69) is 31.8 Å². The second kappa shape index (κ2) is 12.5. The first-order valence-corrected chi connectivity index (χ1v) is 11.6. The molecule has 0 saturated carbocycles. The molecular weight excluding hydrogens is 514 g/mol. The Balaban J connectivity index is 1.63. The third-order valence-electron chi connectivity index (χ3n) is 4.62. The first kappa shape index (κ1) is 25.6. The van der Waals surface area contributed by atoms with Crippen molar-refractivity contribution in [1.82, 2.24) is 5.43 Å². The van der Waals surface area contributed by atoms with E-state index in [1.807, 2.05) is 26.0 Å². The molecular formula is C26H24BrN3O5. The van der Waals surface area contributed by atoms with Crippen molar-refractivity contribution in [3.63, 3.8) is 0 Å².